The second-order valence-electron chi connectivity index (χ2n) is 7.89. The number of para-hydroxylation sites is 1. The van der Waals surface area contributed by atoms with Crippen LogP contribution in [0.15, 0.2) is 60.1 Å². The van der Waals surface area contributed by atoms with Gasteiger partial charge in [0.15, 0.2) is 6.61 Å². The van der Waals surface area contributed by atoms with Crippen LogP contribution in [-0.4, -0.2) is 34.3 Å². The van der Waals surface area contributed by atoms with E-state index in [1.807, 2.05) is 54.0 Å². The Hall–Kier alpha value is -3.19. The van der Waals surface area contributed by atoms with Crippen molar-refractivity contribution in [2.75, 3.05) is 6.61 Å². The van der Waals surface area contributed by atoms with Gasteiger partial charge in [0.05, 0.1) is 10.6 Å². The van der Waals surface area contributed by atoms with Crippen LogP contribution in [-0.2, 0) is 14.3 Å². The molecular formula is C25H27N3O3S. The Balaban J connectivity index is 1.39. The molecule has 1 aliphatic carbocycles. The summed E-state index contributed by atoms with van der Waals surface area (Å²) in [6, 6.07) is 14.0. The molecule has 0 saturated heterocycles. The van der Waals surface area contributed by atoms with Crippen molar-refractivity contribution in [2.45, 2.75) is 44.6 Å². The lowest BCUT2D eigenvalue weighted by atomic mass is 10.1. The van der Waals surface area contributed by atoms with Gasteiger partial charge >= 0.3 is 5.97 Å². The second kappa shape index (κ2) is 10.9. The third-order valence-corrected chi connectivity index (χ3v) is 6.36. The number of hydrogen-bond donors (Lipinski definition) is 1. The molecule has 0 radical (unpaired) electrons. The predicted molar refractivity (Wildman–Crippen MR) is 127 cm³/mol. The molecule has 1 fully saturated rings. The van der Waals surface area contributed by atoms with E-state index in [2.05, 4.69) is 5.32 Å². The molecule has 7 heteroatoms. The summed E-state index contributed by atoms with van der Waals surface area (Å²) < 4.78 is 6.95. The minimum absolute atomic E-state index is 0.191. The molecule has 2 aromatic heterocycles. The molecule has 1 saturated carbocycles. The van der Waals surface area contributed by atoms with Gasteiger partial charge in [-0.15, -0.1) is 11.3 Å². The van der Waals surface area contributed by atoms with Gasteiger partial charge in [-0.3, -0.25) is 4.79 Å². The highest BCUT2D eigenvalue weighted by Crippen LogP contribution is 2.28. The summed E-state index contributed by atoms with van der Waals surface area (Å²) in [6.45, 7) is -0.263. The quantitative estimate of drug-likeness (QED) is 0.313. The van der Waals surface area contributed by atoms with Gasteiger partial charge in [-0.05, 0) is 42.5 Å². The summed E-state index contributed by atoms with van der Waals surface area (Å²) in [5.74, 6) is -0.791. The van der Waals surface area contributed by atoms with Gasteiger partial charge in [0, 0.05) is 23.9 Å². The van der Waals surface area contributed by atoms with Crippen molar-refractivity contribution in [2.24, 2.45) is 0 Å². The summed E-state index contributed by atoms with van der Waals surface area (Å²) in [4.78, 5) is 25.4. The molecule has 6 nitrogen and oxygen atoms in total. The number of esters is 1. The van der Waals surface area contributed by atoms with Gasteiger partial charge in [-0.1, -0.05) is 49.9 Å². The fraction of sp³-hybridized carbons (Fsp3) is 0.320. The number of carbonyl (C=O) groups is 2. The number of nitrogens with one attached hydrogen (secondary N) is 1. The Morgan fingerprint density at radius 2 is 1.88 bits per heavy atom. The number of rotatable bonds is 7. The van der Waals surface area contributed by atoms with Crippen LogP contribution in [0.4, 0.5) is 0 Å². The van der Waals surface area contributed by atoms with Crippen molar-refractivity contribution in [3.63, 3.8) is 0 Å². The zero-order valence-corrected chi connectivity index (χ0v) is 18.7. The maximum absolute atomic E-state index is 12.2. The minimum Gasteiger partial charge on any atom is -0.452 e. The van der Waals surface area contributed by atoms with Crippen LogP contribution >= 0.6 is 11.3 Å². The first-order chi connectivity index (χ1) is 15.7. The monoisotopic (exact) mass is 449 g/mol. The van der Waals surface area contributed by atoms with Gasteiger partial charge in [0.2, 0.25) is 0 Å². The van der Waals surface area contributed by atoms with E-state index in [0.717, 1.165) is 47.5 Å². The predicted octanol–water partition coefficient (Wildman–Crippen LogP) is 5.00. The summed E-state index contributed by atoms with van der Waals surface area (Å²) in [6.07, 6.45) is 11.6. The molecule has 0 unspecified atom stereocenters. The van der Waals surface area contributed by atoms with Crippen molar-refractivity contribution in [3.8, 4) is 16.3 Å². The van der Waals surface area contributed by atoms with Crippen molar-refractivity contribution < 1.29 is 14.3 Å². The maximum atomic E-state index is 12.2. The number of amides is 1. The molecule has 3 aromatic rings. The summed E-state index contributed by atoms with van der Waals surface area (Å²) in [5, 5.41) is 9.68. The molecule has 1 aromatic carbocycles. The highest BCUT2D eigenvalue weighted by Gasteiger charge is 2.16. The van der Waals surface area contributed by atoms with Crippen LogP contribution in [0.1, 0.15) is 44.1 Å². The number of aromatic nitrogens is 2. The lowest BCUT2D eigenvalue weighted by Gasteiger charge is -2.15. The zero-order valence-electron chi connectivity index (χ0n) is 17.9. The van der Waals surface area contributed by atoms with E-state index in [9.17, 15) is 9.59 Å². The first kappa shape index (κ1) is 22.0. The van der Waals surface area contributed by atoms with Crippen LogP contribution in [0.2, 0.25) is 0 Å². The topological polar surface area (TPSA) is 73.2 Å². The van der Waals surface area contributed by atoms with E-state index in [-0.39, 0.29) is 18.6 Å². The van der Waals surface area contributed by atoms with Crippen LogP contribution < -0.4 is 5.32 Å². The Morgan fingerprint density at radius 1 is 1.09 bits per heavy atom. The van der Waals surface area contributed by atoms with Gasteiger partial charge < -0.3 is 10.1 Å². The lowest BCUT2D eigenvalue weighted by Crippen LogP contribution is -2.37. The average molecular weight is 450 g/mol. The van der Waals surface area contributed by atoms with Crippen LogP contribution in [0, 0.1) is 0 Å². The number of hydrogen-bond acceptors (Lipinski definition) is 5. The van der Waals surface area contributed by atoms with Crippen molar-refractivity contribution >= 4 is 29.3 Å². The molecule has 1 aliphatic rings. The average Bonchev–Trinajstić information content (AvgIpc) is 3.42. The highest BCUT2D eigenvalue weighted by atomic mass is 32.1. The van der Waals surface area contributed by atoms with Gasteiger partial charge in [-0.2, -0.15) is 5.10 Å². The molecule has 0 atom stereocenters. The Bertz CT molecular complexity index is 1050. The van der Waals surface area contributed by atoms with E-state index in [0.29, 0.717) is 0 Å². The first-order valence-corrected chi connectivity index (χ1v) is 11.9. The van der Waals surface area contributed by atoms with Crippen LogP contribution in [0.25, 0.3) is 22.3 Å². The van der Waals surface area contributed by atoms with Gasteiger partial charge in [0.25, 0.3) is 5.91 Å². The molecule has 0 bridgehead atoms. The largest absolute Gasteiger partial charge is 0.452 e. The van der Waals surface area contributed by atoms with E-state index in [4.69, 9.17) is 9.84 Å². The Labute approximate surface area is 191 Å². The Morgan fingerprint density at radius 3 is 2.59 bits per heavy atom. The summed E-state index contributed by atoms with van der Waals surface area (Å²) in [5.41, 5.74) is 2.53. The molecule has 0 spiro atoms. The fourth-order valence-electron chi connectivity index (χ4n) is 3.86. The molecule has 1 N–H and O–H groups in total. The van der Waals surface area contributed by atoms with E-state index in [1.54, 1.807) is 22.1 Å². The van der Waals surface area contributed by atoms with Crippen molar-refractivity contribution in [1.29, 1.82) is 0 Å². The molecule has 166 valence electrons. The maximum Gasteiger partial charge on any atom is 0.331 e. The van der Waals surface area contributed by atoms with Gasteiger partial charge in [-0.25, -0.2) is 9.48 Å². The van der Waals surface area contributed by atoms with E-state index in [1.165, 1.54) is 18.9 Å². The van der Waals surface area contributed by atoms with Crippen LogP contribution in [0.5, 0.6) is 0 Å². The third kappa shape index (κ3) is 5.95. The Kier molecular flexibility index (Phi) is 7.51. The smallest absolute Gasteiger partial charge is 0.331 e. The summed E-state index contributed by atoms with van der Waals surface area (Å²) in [7, 11) is 0. The molecular weight excluding hydrogens is 422 g/mol. The third-order valence-electron chi connectivity index (χ3n) is 5.48. The second-order valence-corrected chi connectivity index (χ2v) is 8.84. The van der Waals surface area contributed by atoms with Gasteiger partial charge in [0.1, 0.15) is 5.69 Å². The fourth-order valence-corrected chi connectivity index (χ4v) is 4.59. The minimum atomic E-state index is -0.550. The number of nitrogens with zero attached hydrogens (tertiary/aromatic N) is 2. The van der Waals surface area contributed by atoms with E-state index >= 15 is 0 Å². The SMILES string of the molecule is O=C(COC(=O)C=Cc1cn(-c2ccccc2)nc1-c1cccs1)NC1CCCCCC1. The normalized spacial score (nSPS) is 14.9. The van der Waals surface area contributed by atoms with E-state index < -0.39 is 5.97 Å². The highest BCUT2D eigenvalue weighted by molar-refractivity contribution is 7.13. The zero-order chi connectivity index (χ0) is 22.2. The number of carbonyl (C=O) groups excluding carboxylic acids is 2. The number of ether oxygens (including phenoxy) is 1. The molecule has 32 heavy (non-hydrogen) atoms. The lowest BCUT2D eigenvalue weighted by molar-refractivity contribution is -0.144. The summed E-state index contributed by atoms with van der Waals surface area (Å²) >= 11 is 1.59. The first-order valence-electron chi connectivity index (χ1n) is 11.0. The van der Waals surface area contributed by atoms with Crippen molar-refractivity contribution in [1.82, 2.24) is 15.1 Å². The molecule has 4 rings (SSSR count). The molecule has 0 aliphatic heterocycles. The number of thiophene rings is 1. The number of benzene rings is 1. The standard InChI is InChI=1S/C25H27N3O3S/c29-23(26-20-9-4-1-2-5-10-20)18-31-24(30)15-14-19-17-28(21-11-6-3-7-12-21)27-25(19)22-13-8-16-32-22/h3,6-8,11-17,20H,1-2,4-5,9-10,18H2,(H,26,29). The molecule has 2 heterocycles. The molecule has 1 amide bonds. The van der Waals surface area contributed by atoms with Crippen LogP contribution in [0.3, 0.4) is 0 Å². The van der Waals surface area contributed by atoms with Crippen molar-refractivity contribution in [3.05, 3.63) is 65.7 Å².